The number of furan rings is 1. The number of fused-ring (bicyclic) bond motifs is 1. The first-order valence-electron chi connectivity index (χ1n) is 7.91. The van der Waals surface area contributed by atoms with Crippen molar-refractivity contribution in [1.82, 2.24) is 4.90 Å². The molecule has 3 aromatic rings. The van der Waals surface area contributed by atoms with Crippen molar-refractivity contribution in [2.24, 2.45) is 0 Å². The van der Waals surface area contributed by atoms with Gasteiger partial charge in [0.05, 0.1) is 18.6 Å². The van der Waals surface area contributed by atoms with E-state index in [1.807, 2.05) is 48.5 Å². The first-order chi connectivity index (χ1) is 11.3. The van der Waals surface area contributed by atoms with E-state index in [9.17, 15) is 5.11 Å². The van der Waals surface area contributed by atoms with Crippen LogP contribution in [0, 0.1) is 0 Å². The molecule has 4 rings (SSSR count). The maximum atomic E-state index is 10.6. The van der Waals surface area contributed by atoms with Gasteiger partial charge in [-0.1, -0.05) is 36.4 Å². The van der Waals surface area contributed by atoms with Gasteiger partial charge in [0.15, 0.2) is 0 Å². The maximum Gasteiger partial charge on any atom is 0.138 e. The van der Waals surface area contributed by atoms with Crippen molar-refractivity contribution >= 4 is 11.0 Å². The number of rotatable bonds is 3. The molecule has 1 fully saturated rings. The van der Waals surface area contributed by atoms with Gasteiger partial charge < -0.3 is 14.3 Å². The summed E-state index contributed by atoms with van der Waals surface area (Å²) in [6, 6.07) is 15.8. The van der Waals surface area contributed by atoms with Crippen LogP contribution in [0.25, 0.3) is 22.3 Å². The molecule has 1 aliphatic heterocycles. The van der Waals surface area contributed by atoms with Crippen molar-refractivity contribution in [3.63, 3.8) is 0 Å². The zero-order chi connectivity index (χ0) is 15.6. The first kappa shape index (κ1) is 14.3. The second-order valence-corrected chi connectivity index (χ2v) is 5.85. The van der Waals surface area contributed by atoms with Crippen LogP contribution in [-0.4, -0.2) is 36.3 Å². The summed E-state index contributed by atoms with van der Waals surface area (Å²) in [7, 11) is 0. The lowest BCUT2D eigenvalue weighted by molar-refractivity contribution is 0.0339. The Morgan fingerprint density at radius 3 is 2.57 bits per heavy atom. The van der Waals surface area contributed by atoms with E-state index in [1.165, 1.54) is 0 Å². The van der Waals surface area contributed by atoms with Crippen LogP contribution in [0.1, 0.15) is 5.56 Å². The van der Waals surface area contributed by atoms with Gasteiger partial charge in [-0.2, -0.15) is 0 Å². The zero-order valence-electron chi connectivity index (χ0n) is 12.9. The Balaban J connectivity index is 1.67. The highest BCUT2D eigenvalue weighted by atomic mass is 16.5. The van der Waals surface area contributed by atoms with Crippen molar-refractivity contribution in [2.75, 3.05) is 26.3 Å². The van der Waals surface area contributed by atoms with E-state index in [4.69, 9.17) is 9.15 Å². The average Bonchev–Trinajstić information content (AvgIpc) is 3.04. The molecular formula is C19H19NO3. The van der Waals surface area contributed by atoms with Crippen molar-refractivity contribution in [2.45, 2.75) is 6.54 Å². The third-order valence-corrected chi connectivity index (χ3v) is 4.31. The summed E-state index contributed by atoms with van der Waals surface area (Å²) in [5, 5.41) is 11.4. The lowest BCUT2D eigenvalue weighted by Crippen LogP contribution is -2.35. The number of phenols is 1. The van der Waals surface area contributed by atoms with E-state index >= 15 is 0 Å². The molecule has 1 aliphatic rings. The molecule has 1 saturated heterocycles. The van der Waals surface area contributed by atoms with Gasteiger partial charge in [0, 0.05) is 30.8 Å². The van der Waals surface area contributed by atoms with Crippen molar-refractivity contribution in [1.29, 1.82) is 0 Å². The lowest BCUT2D eigenvalue weighted by Gasteiger charge is -2.26. The molecule has 0 saturated carbocycles. The highest BCUT2D eigenvalue weighted by molar-refractivity contribution is 5.89. The number of benzene rings is 2. The SMILES string of the molecule is Oc1c(CN2CCOCC2)ccc2oc(-c3ccccc3)cc12. The van der Waals surface area contributed by atoms with Crippen LogP contribution >= 0.6 is 0 Å². The van der Waals surface area contributed by atoms with E-state index < -0.39 is 0 Å². The molecule has 118 valence electrons. The van der Waals surface area contributed by atoms with Crippen molar-refractivity contribution in [3.8, 4) is 17.1 Å². The van der Waals surface area contributed by atoms with Gasteiger partial charge in [-0.15, -0.1) is 0 Å². The smallest absolute Gasteiger partial charge is 0.138 e. The summed E-state index contributed by atoms with van der Waals surface area (Å²) in [5.74, 6) is 1.10. The standard InChI is InChI=1S/C19H19NO3/c21-19-15(13-20-8-10-22-11-9-20)6-7-17-16(19)12-18(23-17)14-4-2-1-3-5-14/h1-7,12,21H,8-11,13H2. The van der Waals surface area contributed by atoms with Gasteiger partial charge in [-0.25, -0.2) is 0 Å². The van der Waals surface area contributed by atoms with Crippen LogP contribution in [0.4, 0.5) is 0 Å². The second-order valence-electron chi connectivity index (χ2n) is 5.85. The van der Waals surface area contributed by atoms with E-state index in [2.05, 4.69) is 4.90 Å². The number of ether oxygens (including phenoxy) is 1. The normalized spacial score (nSPS) is 16.0. The molecule has 0 unspecified atom stereocenters. The minimum absolute atomic E-state index is 0.319. The number of morpholine rings is 1. The molecule has 0 bridgehead atoms. The fourth-order valence-corrected chi connectivity index (χ4v) is 3.01. The summed E-state index contributed by atoms with van der Waals surface area (Å²) < 4.78 is 11.3. The monoisotopic (exact) mass is 309 g/mol. The van der Waals surface area contributed by atoms with Gasteiger partial charge in [0.2, 0.25) is 0 Å². The minimum Gasteiger partial charge on any atom is -0.507 e. The summed E-state index contributed by atoms with van der Waals surface area (Å²) in [4.78, 5) is 2.29. The Morgan fingerprint density at radius 2 is 1.78 bits per heavy atom. The Bertz CT molecular complexity index is 804. The first-order valence-corrected chi connectivity index (χ1v) is 7.91. The molecule has 0 atom stereocenters. The number of hydrogen-bond donors (Lipinski definition) is 1. The highest BCUT2D eigenvalue weighted by Crippen LogP contribution is 2.35. The largest absolute Gasteiger partial charge is 0.507 e. The van der Waals surface area contributed by atoms with Crippen LogP contribution in [0.15, 0.2) is 52.9 Å². The molecule has 2 aromatic carbocycles. The Kier molecular flexibility index (Phi) is 3.77. The molecule has 0 spiro atoms. The molecule has 4 nitrogen and oxygen atoms in total. The second kappa shape index (κ2) is 6.07. The molecule has 1 N–H and O–H groups in total. The van der Waals surface area contributed by atoms with E-state index in [1.54, 1.807) is 0 Å². The molecule has 0 amide bonds. The summed E-state index contributed by atoms with van der Waals surface area (Å²) in [6.45, 7) is 4.05. The van der Waals surface area contributed by atoms with Crippen LogP contribution in [0.3, 0.4) is 0 Å². The van der Waals surface area contributed by atoms with Crippen LogP contribution in [0.5, 0.6) is 5.75 Å². The highest BCUT2D eigenvalue weighted by Gasteiger charge is 2.16. The van der Waals surface area contributed by atoms with Gasteiger partial charge in [0.1, 0.15) is 17.1 Å². The fraction of sp³-hybridized carbons (Fsp3) is 0.263. The van der Waals surface area contributed by atoms with Gasteiger partial charge in [0.25, 0.3) is 0 Å². The molecule has 2 heterocycles. The molecule has 1 aromatic heterocycles. The predicted octanol–water partition coefficient (Wildman–Crippen LogP) is 3.64. The predicted molar refractivity (Wildman–Crippen MR) is 89.4 cm³/mol. The number of hydrogen-bond acceptors (Lipinski definition) is 4. The zero-order valence-corrected chi connectivity index (χ0v) is 12.9. The number of phenolic OH excluding ortho intramolecular Hbond substituents is 1. The third-order valence-electron chi connectivity index (χ3n) is 4.31. The van der Waals surface area contributed by atoms with E-state index in [0.717, 1.165) is 55.1 Å². The maximum absolute atomic E-state index is 10.6. The van der Waals surface area contributed by atoms with Crippen LogP contribution < -0.4 is 0 Å². The van der Waals surface area contributed by atoms with Crippen LogP contribution in [-0.2, 0) is 11.3 Å². The summed E-state index contributed by atoms with van der Waals surface area (Å²) >= 11 is 0. The molecule has 0 aliphatic carbocycles. The minimum atomic E-state index is 0.319. The number of aromatic hydroxyl groups is 1. The van der Waals surface area contributed by atoms with Crippen molar-refractivity contribution < 1.29 is 14.3 Å². The van der Waals surface area contributed by atoms with E-state index in [-0.39, 0.29) is 0 Å². The summed E-state index contributed by atoms with van der Waals surface area (Å²) in [6.07, 6.45) is 0. The Morgan fingerprint density at radius 1 is 1.00 bits per heavy atom. The number of nitrogens with zero attached hydrogens (tertiary/aromatic N) is 1. The Hall–Kier alpha value is -2.30. The van der Waals surface area contributed by atoms with Gasteiger partial charge >= 0.3 is 0 Å². The topological polar surface area (TPSA) is 45.8 Å². The van der Waals surface area contributed by atoms with Crippen LogP contribution in [0.2, 0.25) is 0 Å². The molecule has 23 heavy (non-hydrogen) atoms. The fourth-order valence-electron chi connectivity index (χ4n) is 3.01. The quantitative estimate of drug-likeness (QED) is 0.802. The molecule has 0 radical (unpaired) electrons. The molecule has 4 heteroatoms. The Labute approximate surface area is 134 Å². The van der Waals surface area contributed by atoms with Gasteiger partial charge in [-0.05, 0) is 12.1 Å². The molecular weight excluding hydrogens is 290 g/mol. The van der Waals surface area contributed by atoms with Crippen molar-refractivity contribution in [3.05, 3.63) is 54.1 Å². The van der Waals surface area contributed by atoms with E-state index in [0.29, 0.717) is 11.3 Å². The summed E-state index contributed by atoms with van der Waals surface area (Å²) in [5.41, 5.74) is 2.66. The third kappa shape index (κ3) is 2.83. The average molecular weight is 309 g/mol. The van der Waals surface area contributed by atoms with Gasteiger partial charge in [-0.3, -0.25) is 4.90 Å². The lowest BCUT2D eigenvalue weighted by atomic mass is 10.1.